The predicted octanol–water partition coefficient (Wildman–Crippen LogP) is 1.87. The van der Waals surface area contributed by atoms with Gasteiger partial charge >= 0.3 is 0 Å². The minimum atomic E-state index is 0.170. The van der Waals surface area contributed by atoms with Crippen molar-refractivity contribution in [1.29, 1.82) is 0 Å². The fourth-order valence-corrected chi connectivity index (χ4v) is 4.01. The van der Waals surface area contributed by atoms with Crippen molar-refractivity contribution < 1.29 is 4.74 Å². The molecule has 0 N–H and O–H groups in total. The summed E-state index contributed by atoms with van der Waals surface area (Å²) < 4.78 is 7.88. The summed E-state index contributed by atoms with van der Waals surface area (Å²) in [6.45, 7) is 5.61. The lowest BCUT2D eigenvalue weighted by Crippen LogP contribution is -2.59. The molecule has 0 radical (unpaired) electrons. The Morgan fingerprint density at radius 1 is 1.15 bits per heavy atom. The van der Waals surface area contributed by atoms with Crippen LogP contribution in [0.1, 0.15) is 23.1 Å². The molecule has 1 unspecified atom stereocenters. The molecule has 2 aliphatic rings. The maximum Gasteiger partial charge on any atom is 0.178 e. The van der Waals surface area contributed by atoms with Gasteiger partial charge in [0.05, 0.1) is 12.7 Å². The van der Waals surface area contributed by atoms with E-state index in [1.54, 1.807) is 4.52 Å². The Bertz CT molecular complexity index is 964. The highest BCUT2D eigenvalue weighted by Crippen LogP contribution is 2.29. The zero-order valence-electron chi connectivity index (χ0n) is 15.7. The highest BCUT2D eigenvalue weighted by molar-refractivity contribution is 5.48. The van der Waals surface area contributed by atoms with Gasteiger partial charge in [0.1, 0.15) is 5.82 Å². The largest absolute Gasteiger partial charge is 0.372 e. The highest BCUT2D eigenvalue weighted by atomic mass is 16.5. The van der Waals surface area contributed by atoms with Gasteiger partial charge in [0.2, 0.25) is 0 Å². The number of ether oxygens (including phenoxy) is 1. The van der Waals surface area contributed by atoms with Gasteiger partial charge in [-0.1, -0.05) is 24.3 Å². The first-order chi connectivity index (χ1) is 13.2. The average molecular weight is 364 g/mol. The van der Waals surface area contributed by atoms with E-state index in [0.29, 0.717) is 6.04 Å². The Morgan fingerprint density at radius 3 is 2.89 bits per heavy atom. The molecule has 7 heteroatoms. The van der Waals surface area contributed by atoms with Crippen LogP contribution >= 0.6 is 0 Å². The van der Waals surface area contributed by atoms with Crippen molar-refractivity contribution in [3.63, 3.8) is 0 Å². The van der Waals surface area contributed by atoms with Crippen molar-refractivity contribution in [2.45, 2.75) is 25.5 Å². The summed E-state index contributed by atoms with van der Waals surface area (Å²) in [6, 6.07) is 13.2. The van der Waals surface area contributed by atoms with Gasteiger partial charge in [0.25, 0.3) is 0 Å². The van der Waals surface area contributed by atoms with Crippen LogP contribution in [0.15, 0.2) is 36.4 Å². The minimum Gasteiger partial charge on any atom is -0.372 e. The summed E-state index contributed by atoms with van der Waals surface area (Å²) in [7, 11) is 2.20. The average Bonchev–Trinajstić information content (AvgIpc) is 3.02. The molecule has 1 aromatic carbocycles. The Hall–Kier alpha value is -2.51. The van der Waals surface area contributed by atoms with E-state index in [1.165, 1.54) is 11.1 Å². The first-order valence-corrected chi connectivity index (χ1v) is 9.53. The van der Waals surface area contributed by atoms with Crippen molar-refractivity contribution in [3.05, 3.63) is 53.3 Å². The summed E-state index contributed by atoms with van der Waals surface area (Å²) in [5.41, 5.74) is 3.57. The van der Waals surface area contributed by atoms with Gasteiger partial charge in [0, 0.05) is 25.7 Å². The third-order valence-electron chi connectivity index (χ3n) is 5.76. The van der Waals surface area contributed by atoms with Crippen LogP contribution in [0.5, 0.6) is 0 Å². The fraction of sp³-hybridized carbons (Fsp3) is 0.450. The molecule has 5 rings (SSSR count). The van der Waals surface area contributed by atoms with Gasteiger partial charge in [0.15, 0.2) is 11.5 Å². The molecule has 1 atom stereocenters. The number of aryl methyl sites for hydroxylation is 1. The molecule has 140 valence electrons. The zero-order valence-corrected chi connectivity index (χ0v) is 15.7. The topological polar surface area (TPSA) is 58.8 Å². The zero-order chi connectivity index (χ0) is 18.4. The number of likely N-dealkylation sites (N-methyl/N-ethyl adjacent to an activating group) is 1. The quantitative estimate of drug-likeness (QED) is 0.704. The van der Waals surface area contributed by atoms with Crippen LogP contribution in [-0.4, -0.2) is 64.0 Å². The van der Waals surface area contributed by atoms with Gasteiger partial charge in [-0.25, -0.2) is 0 Å². The van der Waals surface area contributed by atoms with E-state index in [1.807, 2.05) is 19.1 Å². The van der Waals surface area contributed by atoms with Crippen molar-refractivity contribution in [3.8, 4) is 0 Å². The number of anilines is 1. The number of aromatic nitrogens is 4. The Kier molecular flexibility index (Phi) is 4.06. The summed E-state index contributed by atoms with van der Waals surface area (Å²) >= 11 is 0. The van der Waals surface area contributed by atoms with Crippen molar-refractivity contribution in [2.75, 3.05) is 38.2 Å². The second-order valence-electron chi connectivity index (χ2n) is 7.52. The van der Waals surface area contributed by atoms with Gasteiger partial charge in [-0.05, 0) is 43.7 Å². The third kappa shape index (κ3) is 2.96. The van der Waals surface area contributed by atoms with Gasteiger partial charge < -0.3 is 9.64 Å². The van der Waals surface area contributed by atoms with Crippen LogP contribution in [-0.2, 0) is 11.2 Å². The number of fused-ring (bicyclic) bond motifs is 2. The number of hydrogen-bond acceptors (Lipinski definition) is 6. The molecule has 2 aromatic heterocycles. The lowest BCUT2D eigenvalue weighted by Gasteiger charge is -2.45. The van der Waals surface area contributed by atoms with E-state index >= 15 is 0 Å². The molecule has 1 fully saturated rings. The van der Waals surface area contributed by atoms with E-state index in [4.69, 9.17) is 4.74 Å². The van der Waals surface area contributed by atoms with Crippen LogP contribution in [0.2, 0.25) is 0 Å². The van der Waals surface area contributed by atoms with Crippen LogP contribution in [0.25, 0.3) is 5.65 Å². The Morgan fingerprint density at radius 2 is 2.00 bits per heavy atom. The second-order valence-corrected chi connectivity index (χ2v) is 7.52. The van der Waals surface area contributed by atoms with Gasteiger partial charge in [-0.2, -0.15) is 4.52 Å². The van der Waals surface area contributed by atoms with E-state index < -0.39 is 0 Å². The van der Waals surface area contributed by atoms with Crippen molar-refractivity contribution in [2.24, 2.45) is 0 Å². The summed E-state index contributed by atoms with van der Waals surface area (Å²) in [4.78, 5) is 4.72. The normalized spacial score (nSPS) is 20.1. The molecule has 2 aliphatic heterocycles. The monoisotopic (exact) mass is 364 g/mol. The molecule has 0 amide bonds. The summed E-state index contributed by atoms with van der Waals surface area (Å²) in [5, 5.41) is 12.8. The Labute approximate surface area is 158 Å². The molecule has 4 heterocycles. The standard InChI is InChI=1S/C20H24N6O/c1-14-21-22-19-7-8-20(23-26(14)19)25-11-16(12-25)24(2)13-18-17-6-4-3-5-15(17)9-10-27-18/h3-8,16,18H,9-13H2,1-2H3. The molecule has 3 aromatic rings. The summed E-state index contributed by atoms with van der Waals surface area (Å²) in [6.07, 6.45) is 1.19. The number of hydrogen-bond donors (Lipinski definition) is 0. The fourth-order valence-electron chi connectivity index (χ4n) is 4.01. The predicted molar refractivity (Wildman–Crippen MR) is 103 cm³/mol. The first kappa shape index (κ1) is 16.6. The van der Waals surface area contributed by atoms with E-state index in [-0.39, 0.29) is 6.10 Å². The van der Waals surface area contributed by atoms with Crippen LogP contribution < -0.4 is 4.90 Å². The molecule has 7 nitrogen and oxygen atoms in total. The van der Waals surface area contributed by atoms with E-state index in [9.17, 15) is 0 Å². The maximum atomic E-state index is 6.07. The molecule has 1 saturated heterocycles. The summed E-state index contributed by atoms with van der Waals surface area (Å²) in [5.74, 6) is 1.79. The van der Waals surface area contributed by atoms with E-state index in [0.717, 1.165) is 50.0 Å². The SMILES string of the molecule is Cc1nnc2ccc(N3CC(N(C)CC4OCCc5ccccc54)C3)nn12. The molecule has 27 heavy (non-hydrogen) atoms. The van der Waals surface area contributed by atoms with Gasteiger partial charge in [-0.3, -0.25) is 4.90 Å². The number of nitrogens with zero attached hydrogens (tertiary/aromatic N) is 6. The third-order valence-corrected chi connectivity index (χ3v) is 5.76. The van der Waals surface area contributed by atoms with Crippen LogP contribution in [0.3, 0.4) is 0 Å². The Balaban J connectivity index is 1.23. The first-order valence-electron chi connectivity index (χ1n) is 9.53. The van der Waals surface area contributed by atoms with E-state index in [2.05, 4.69) is 56.4 Å². The second kappa shape index (κ2) is 6.58. The van der Waals surface area contributed by atoms with Gasteiger partial charge in [-0.15, -0.1) is 15.3 Å². The number of benzene rings is 1. The molecule has 0 aliphatic carbocycles. The molecule has 0 saturated carbocycles. The van der Waals surface area contributed by atoms with Crippen molar-refractivity contribution in [1.82, 2.24) is 24.7 Å². The van der Waals surface area contributed by atoms with Crippen LogP contribution in [0.4, 0.5) is 5.82 Å². The molecular weight excluding hydrogens is 340 g/mol. The minimum absolute atomic E-state index is 0.170. The molecule has 0 bridgehead atoms. The molecular formula is C20H24N6O. The van der Waals surface area contributed by atoms with Crippen LogP contribution in [0, 0.1) is 6.92 Å². The highest BCUT2D eigenvalue weighted by Gasteiger charge is 2.33. The van der Waals surface area contributed by atoms with Crippen molar-refractivity contribution >= 4 is 11.5 Å². The lowest BCUT2D eigenvalue weighted by molar-refractivity contribution is 0.00997. The lowest BCUT2D eigenvalue weighted by atomic mass is 9.96. The molecule has 0 spiro atoms. The number of rotatable bonds is 4. The smallest absolute Gasteiger partial charge is 0.178 e. The maximum absolute atomic E-state index is 6.07.